The molecule has 3 heteroatoms. The number of fused-ring (bicyclic) bond motifs is 1. The third-order valence-electron chi connectivity index (χ3n) is 3.28. The van der Waals surface area contributed by atoms with Crippen molar-refractivity contribution in [2.45, 2.75) is 33.1 Å². The number of aryl methyl sites for hydroxylation is 1. The van der Waals surface area contributed by atoms with Crippen LogP contribution < -0.4 is 0 Å². The van der Waals surface area contributed by atoms with Gasteiger partial charge in [0.1, 0.15) is 11.3 Å². The smallest absolute Gasteiger partial charge is 0.342 e. The van der Waals surface area contributed by atoms with E-state index in [9.17, 15) is 9.90 Å². The number of ether oxygens (including phenoxy) is 1. The second-order valence-corrected chi connectivity index (χ2v) is 4.74. The van der Waals surface area contributed by atoms with Crippen molar-refractivity contribution in [2.75, 3.05) is 6.61 Å². The highest BCUT2D eigenvalue weighted by Crippen LogP contribution is 2.38. The van der Waals surface area contributed by atoms with E-state index in [-0.39, 0.29) is 11.7 Å². The van der Waals surface area contributed by atoms with Crippen molar-refractivity contribution in [1.82, 2.24) is 0 Å². The Labute approximate surface area is 107 Å². The first kappa shape index (κ1) is 12.7. The van der Waals surface area contributed by atoms with Crippen LogP contribution in [-0.4, -0.2) is 17.7 Å². The topological polar surface area (TPSA) is 46.5 Å². The summed E-state index contributed by atoms with van der Waals surface area (Å²) in [6.07, 6.45) is 0.490. The van der Waals surface area contributed by atoms with Gasteiger partial charge in [0.2, 0.25) is 0 Å². The van der Waals surface area contributed by atoms with Crippen LogP contribution in [0.3, 0.4) is 0 Å². The molecular weight excluding hydrogens is 228 g/mol. The Kier molecular flexibility index (Phi) is 3.41. The molecule has 0 bridgehead atoms. The third-order valence-corrected chi connectivity index (χ3v) is 3.28. The van der Waals surface area contributed by atoms with Crippen molar-refractivity contribution in [1.29, 1.82) is 0 Å². The van der Waals surface area contributed by atoms with E-state index in [1.807, 2.05) is 32.0 Å². The number of carbonyl (C=O) groups is 1. The summed E-state index contributed by atoms with van der Waals surface area (Å²) >= 11 is 0. The van der Waals surface area contributed by atoms with Gasteiger partial charge in [-0.25, -0.2) is 4.79 Å². The molecule has 1 aromatic carbocycles. The highest BCUT2D eigenvalue weighted by atomic mass is 16.5. The molecule has 0 aliphatic heterocycles. The van der Waals surface area contributed by atoms with Crippen molar-refractivity contribution in [3.8, 4) is 0 Å². The molecule has 0 unspecified atom stereocenters. The highest BCUT2D eigenvalue weighted by molar-refractivity contribution is 6.18. The minimum atomic E-state index is -0.436. The van der Waals surface area contributed by atoms with Crippen LogP contribution in [-0.2, 0) is 9.53 Å². The lowest BCUT2D eigenvalue weighted by Crippen LogP contribution is -2.16. The van der Waals surface area contributed by atoms with Crippen LogP contribution in [0, 0.1) is 6.92 Å². The first-order valence-electron chi connectivity index (χ1n) is 6.24. The molecule has 0 amide bonds. The van der Waals surface area contributed by atoms with Gasteiger partial charge < -0.3 is 9.84 Å². The molecule has 1 N–H and O–H groups in total. The number of hydrogen-bond acceptors (Lipinski definition) is 3. The van der Waals surface area contributed by atoms with E-state index in [2.05, 4.69) is 0 Å². The molecule has 2 rings (SSSR count). The van der Waals surface area contributed by atoms with Gasteiger partial charge in [-0.3, -0.25) is 0 Å². The minimum Gasteiger partial charge on any atom is -0.511 e. The van der Waals surface area contributed by atoms with Crippen LogP contribution in [0.15, 0.2) is 24.0 Å². The van der Waals surface area contributed by atoms with E-state index in [4.69, 9.17) is 4.74 Å². The maximum atomic E-state index is 11.9. The van der Waals surface area contributed by atoms with Crippen LogP contribution in [0.25, 0.3) is 5.57 Å². The molecule has 1 aliphatic rings. The summed E-state index contributed by atoms with van der Waals surface area (Å²) in [7, 11) is 0. The van der Waals surface area contributed by atoms with Crippen LogP contribution in [0.1, 0.15) is 42.9 Å². The first-order valence-corrected chi connectivity index (χ1v) is 6.24. The number of aliphatic hydroxyl groups is 1. The Hall–Kier alpha value is -1.77. The van der Waals surface area contributed by atoms with Crippen molar-refractivity contribution in [3.63, 3.8) is 0 Å². The van der Waals surface area contributed by atoms with Gasteiger partial charge >= 0.3 is 5.97 Å². The second-order valence-electron chi connectivity index (χ2n) is 4.74. The fraction of sp³-hybridized carbons (Fsp3) is 0.400. The van der Waals surface area contributed by atoms with Crippen molar-refractivity contribution in [3.05, 3.63) is 40.6 Å². The molecule has 0 heterocycles. The quantitative estimate of drug-likeness (QED) is 0.814. The van der Waals surface area contributed by atoms with Crippen molar-refractivity contribution < 1.29 is 14.6 Å². The molecule has 18 heavy (non-hydrogen) atoms. The second kappa shape index (κ2) is 4.84. The van der Waals surface area contributed by atoms with Crippen LogP contribution >= 0.6 is 0 Å². The summed E-state index contributed by atoms with van der Waals surface area (Å²) < 4.78 is 5.03. The summed E-state index contributed by atoms with van der Waals surface area (Å²) in [5.74, 6) is -0.0772. The predicted octanol–water partition coefficient (Wildman–Crippen LogP) is 3.33. The maximum Gasteiger partial charge on any atom is 0.342 e. The molecular formula is C15H18O3. The largest absolute Gasteiger partial charge is 0.511 e. The van der Waals surface area contributed by atoms with Gasteiger partial charge in [0.05, 0.1) is 6.61 Å². The van der Waals surface area contributed by atoms with E-state index < -0.39 is 5.97 Å². The molecule has 3 nitrogen and oxygen atoms in total. The van der Waals surface area contributed by atoms with Gasteiger partial charge in [0.25, 0.3) is 0 Å². The molecule has 1 aliphatic carbocycles. The van der Waals surface area contributed by atoms with E-state index in [0.717, 1.165) is 16.7 Å². The Balaban J connectivity index is 2.55. The Morgan fingerprint density at radius 2 is 2.22 bits per heavy atom. The average Bonchev–Trinajstić information content (AvgIpc) is 2.28. The molecule has 0 saturated heterocycles. The van der Waals surface area contributed by atoms with Crippen LogP contribution in [0.2, 0.25) is 0 Å². The van der Waals surface area contributed by atoms with E-state index in [1.165, 1.54) is 0 Å². The number of benzene rings is 1. The van der Waals surface area contributed by atoms with Crippen LogP contribution in [0.5, 0.6) is 0 Å². The van der Waals surface area contributed by atoms with Crippen LogP contribution in [0.4, 0.5) is 0 Å². The monoisotopic (exact) mass is 246 g/mol. The zero-order valence-electron chi connectivity index (χ0n) is 11.0. The summed E-state index contributed by atoms with van der Waals surface area (Å²) in [5.41, 5.74) is 3.30. The maximum absolute atomic E-state index is 11.9. The molecule has 0 saturated carbocycles. The molecule has 1 aromatic rings. The number of rotatable bonds is 2. The van der Waals surface area contributed by atoms with Gasteiger partial charge in [0, 0.05) is 6.42 Å². The Morgan fingerprint density at radius 1 is 1.50 bits per heavy atom. The van der Waals surface area contributed by atoms with E-state index in [1.54, 1.807) is 6.92 Å². The lowest BCUT2D eigenvalue weighted by Gasteiger charge is -2.24. The van der Waals surface area contributed by atoms with Gasteiger partial charge in [0.15, 0.2) is 0 Å². The third kappa shape index (κ3) is 2.13. The lowest BCUT2D eigenvalue weighted by molar-refractivity contribution is -0.136. The van der Waals surface area contributed by atoms with Crippen molar-refractivity contribution in [2.24, 2.45) is 0 Å². The molecule has 1 atom stereocenters. The van der Waals surface area contributed by atoms with E-state index >= 15 is 0 Å². The molecule has 96 valence electrons. The average molecular weight is 246 g/mol. The number of carbonyl (C=O) groups excluding carboxylic acids is 1. The van der Waals surface area contributed by atoms with Gasteiger partial charge in [-0.15, -0.1) is 0 Å². The fourth-order valence-corrected chi connectivity index (χ4v) is 2.40. The Bertz CT molecular complexity index is 514. The summed E-state index contributed by atoms with van der Waals surface area (Å²) in [6.45, 7) is 6.09. The first-order chi connectivity index (χ1) is 8.54. The highest BCUT2D eigenvalue weighted by Gasteiger charge is 2.29. The molecule has 0 radical (unpaired) electrons. The zero-order valence-corrected chi connectivity index (χ0v) is 11.0. The normalized spacial score (nSPS) is 18.5. The van der Waals surface area contributed by atoms with Gasteiger partial charge in [-0.1, -0.05) is 30.7 Å². The number of hydrogen-bond donors (Lipinski definition) is 1. The number of esters is 1. The molecule has 0 spiro atoms. The fourth-order valence-electron chi connectivity index (χ4n) is 2.40. The summed E-state index contributed by atoms with van der Waals surface area (Å²) in [5, 5.41) is 10.1. The van der Waals surface area contributed by atoms with Crippen molar-refractivity contribution >= 4 is 11.5 Å². The molecule has 0 aromatic heterocycles. The standard InChI is InChI=1S/C15H18O3/c1-4-18-15(17)14-12-7-9(2)5-6-11(12)10(3)8-13(14)16/h5-7,10,16H,4,8H2,1-3H3/t10-/m0/s1. The SMILES string of the molecule is CCOC(=O)C1=C(O)C[C@H](C)c2ccc(C)cc21. The lowest BCUT2D eigenvalue weighted by atomic mass is 9.82. The summed E-state index contributed by atoms with van der Waals surface area (Å²) in [6, 6.07) is 5.99. The van der Waals surface area contributed by atoms with Gasteiger partial charge in [-0.2, -0.15) is 0 Å². The van der Waals surface area contributed by atoms with Gasteiger partial charge in [-0.05, 0) is 30.9 Å². The predicted molar refractivity (Wildman–Crippen MR) is 70.4 cm³/mol. The number of aliphatic hydroxyl groups excluding tert-OH is 1. The molecule has 0 fully saturated rings. The Morgan fingerprint density at radius 3 is 2.89 bits per heavy atom. The zero-order chi connectivity index (χ0) is 13.3. The van der Waals surface area contributed by atoms with E-state index in [0.29, 0.717) is 18.6 Å². The summed E-state index contributed by atoms with van der Waals surface area (Å²) in [4.78, 5) is 11.9. The minimum absolute atomic E-state index is 0.138. The number of allylic oxidation sites excluding steroid dienone is 1.